The van der Waals surface area contributed by atoms with Crippen LogP contribution in [0, 0.1) is 18.6 Å². The number of anilines is 1. The van der Waals surface area contributed by atoms with Crippen LogP contribution >= 0.6 is 0 Å². The van der Waals surface area contributed by atoms with Gasteiger partial charge in [0.25, 0.3) is 5.91 Å². The minimum atomic E-state index is -0.629. The second-order valence-corrected chi connectivity index (χ2v) is 6.38. The van der Waals surface area contributed by atoms with Gasteiger partial charge in [-0.15, -0.1) is 0 Å². The first-order valence-corrected chi connectivity index (χ1v) is 8.54. The third-order valence-electron chi connectivity index (χ3n) is 4.23. The van der Waals surface area contributed by atoms with Gasteiger partial charge in [-0.3, -0.25) is 10.1 Å². The Hall–Kier alpha value is -3.06. The Morgan fingerprint density at radius 2 is 1.93 bits per heavy atom. The maximum atomic E-state index is 13.8. The van der Waals surface area contributed by atoms with Gasteiger partial charge in [-0.2, -0.15) is 0 Å². The van der Waals surface area contributed by atoms with Crippen LogP contribution in [-0.2, 0) is 4.79 Å². The molecular weight excluding hydrogens is 352 g/mol. The van der Waals surface area contributed by atoms with Crippen molar-refractivity contribution < 1.29 is 23.4 Å². The molecule has 0 saturated heterocycles. The molecule has 0 unspecified atom stereocenters. The molecule has 0 fully saturated rings. The molecular formula is C20H20F2N3O2+. The van der Waals surface area contributed by atoms with Crippen molar-refractivity contribution in [1.82, 2.24) is 5.16 Å². The summed E-state index contributed by atoms with van der Waals surface area (Å²) in [7, 11) is 0. The highest BCUT2D eigenvalue weighted by molar-refractivity contribution is 5.90. The fourth-order valence-corrected chi connectivity index (χ4v) is 2.66. The van der Waals surface area contributed by atoms with Crippen LogP contribution in [0.25, 0.3) is 11.3 Å². The van der Waals surface area contributed by atoms with Gasteiger partial charge in [0.2, 0.25) is 5.88 Å². The zero-order valence-corrected chi connectivity index (χ0v) is 15.0. The Morgan fingerprint density at radius 3 is 2.63 bits per heavy atom. The molecule has 2 aromatic carbocycles. The van der Waals surface area contributed by atoms with E-state index in [2.05, 4.69) is 10.5 Å². The first-order chi connectivity index (χ1) is 12.9. The lowest BCUT2D eigenvalue weighted by atomic mass is 10.1. The largest absolute Gasteiger partial charge is 0.338 e. The number of aryl methyl sites for hydroxylation is 1. The Kier molecular flexibility index (Phi) is 5.61. The highest BCUT2D eigenvalue weighted by atomic mass is 19.1. The monoisotopic (exact) mass is 372 g/mol. The van der Waals surface area contributed by atoms with Crippen LogP contribution < -0.4 is 10.6 Å². The highest BCUT2D eigenvalue weighted by Gasteiger charge is 2.17. The molecule has 1 amide bonds. The number of hydrogen-bond donors (Lipinski definition) is 2. The number of quaternary nitrogens is 1. The summed E-state index contributed by atoms with van der Waals surface area (Å²) in [5, 5.41) is 8.22. The number of amides is 1. The van der Waals surface area contributed by atoms with E-state index in [0.717, 1.165) is 17.2 Å². The number of carbonyl (C=O) groups is 1. The molecule has 27 heavy (non-hydrogen) atoms. The molecule has 0 spiro atoms. The van der Waals surface area contributed by atoms with Crippen molar-refractivity contribution in [3.8, 4) is 11.3 Å². The number of benzene rings is 2. The number of hydrogen-bond acceptors (Lipinski definition) is 3. The van der Waals surface area contributed by atoms with E-state index in [-0.39, 0.29) is 24.4 Å². The molecule has 0 aliphatic rings. The van der Waals surface area contributed by atoms with E-state index in [4.69, 9.17) is 4.52 Å². The molecule has 7 heteroatoms. The molecule has 3 aromatic rings. The summed E-state index contributed by atoms with van der Waals surface area (Å²) in [6, 6.07) is 12.5. The molecule has 1 atom stereocenters. The zero-order valence-electron chi connectivity index (χ0n) is 15.0. The van der Waals surface area contributed by atoms with E-state index in [9.17, 15) is 13.6 Å². The van der Waals surface area contributed by atoms with Gasteiger partial charge in [0, 0.05) is 23.3 Å². The minimum Gasteiger partial charge on any atom is -0.338 e. The summed E-state index contributed by atoms with van der Waals surface area (Å²) < 4.78 is 31.9. The van der Waals surface area contributed by atoms with Crippen molar-refractivity contribution in [2.24, 2.45) is 0 Å². The highest BCUT2D eigenvalue weighted by Crippen LogP contribution is 2.22. The summed E-state index contributed by atoms with van der Waals surface area (Å²) in [5.74, 6) is -1.33. The fraction of sp³-hybridized carbons (Fsp3) is 0.200. The van der Waals surface area contributed by atoms with Crippen LogP contribution in [0.5, 0.6) is 0 Å². The molecule has 0 radical (unpaired) electrons. The number of halogens is 2. The molecule has 3 rings (SSSR count). The summed E-state index contributed by atoms with van der Waals surface area (Å²) in [6.45, 7) is 3.79. The van der Waals surface area contributed by atoms with Crippen LogP contribution in [0.3, 0.4) is 0 Å². The molecule has 0 bridgehead atoms. The van der Waals surface area contributed by atoms with E-state index >= 15 is 0 Å². The van der Waals surface area contributed by atoms with E-state index in [1.807, 2.05) is 31.2 Å². The Bertz CT molecular complexity index is 939. The van der Waals surface area contributed by atoms with Gasteiger partial charge in [0.1, 0.15) is 23.4 Å². The van der Waals surface area contributed by atoms with E-state index in [1.165, 1.54) is 12.1 Å². The first-order valence-electron chi connectivity index (χ1n) is 8.54. The van der Waals surface area contributed by atoms with Gasteiger partial charge in [-0.05, 0) is 26.0 Å². The van der Waals surface area contributed by atoms with Gasteiger partial charge in [-0.25, -0.2) is 8.78 Å². The Morgan fingerprint density at radius 1 is 1.19 bits per heavy atom. The number of nitrogens with one attached hydrogen (secondary N) is 1. The van der Waals surface area contributed by atoms with Gasteiger partial charge in [-0.1, -0.05) is 35.0 Å². The van der Waals surface area contributed by atoms with Gasteiger partial charge >= 0.3 is 0 Å². The van der Waals surface area contributed by atoms with Crippen molar-refractivity contribution in [2.75, 3.05) is 11.9 Å². The van der Waals surface area contributed by atoms with Gasteiger partial charge < -0.3 is 9.84 Å². The molecule has 1 aromatic heterocycles. The van der Waals surface area contributed by atoms with Crippen molar-refractivity contribution in [3.05, 3.63) is 71.3 Å². The average Bonchev–Trinajstić information content (AvgIpc) is 3.08. The summed E-state index contributed by atoms with van der Waals surface area (Å²) >= 11 is 0. The minimum absolute atomic E-state index is 0.0541. The van der Waals surface area contributed by atoms with Crippen molar-refractivity contribution in [2.45, 2.75) is 19.9 Å². The average molecular weight is 372 g/mol. The van der Waals surface area contributed by atoms with E-state index < -0.39 is 11.6 Å². The second kappa shape index (κ2) is 8.09. The lowest BCUT2D eigenvalue weighted by Gasteiger charge is -2.11. The van der Waals surface area contributed by atoms with Crippen LogP contribution in [0.4, 0.5) is 14.7 Å². The maximum Gasteiger partial charge on any atom is 0.281 e. The Balaban J connectivity index is 1.56. The summed E-state index contributed by atoms with van der Waals surface area (Å²) in [4.78, 5) is 12.1. The molecule has 140 valence electrons. The molecule has 3 N–H and O–H groups in total. The quantitative estimate of drug-likeness (QED) is 0.698. The lowest BCUT2D eigenvalue weighted by molar-refractivity contribution is -0.682. The fourth-order valence-electron chi connectivity index (χ4n) is 2.66. The predicted molar refractivity (Wildman–Crippen MR) is 96.9 cm³/mol. The molecule has 0 aliphatic carbocycles. The summed E-state index contributed by atoms with van der Waals surface area (Å²) in [6.07, 6.45) is 0. The SMILES string of the molecule is Cc1ccc(-c2cc(NC(=O)C[NH2+][C@@H](C)c3ccc(F)cc3F)on2)cc1. The third kappa shape index (κ3) is 4.77. The molecule has 0 saturated carbocycles. The van der Waals surface area contributed by atoms with E-state index in [0.29, 0.717) is 11.3 Å². The van der Waals surface area contributed by atoms with Crippen LogP contribution in [0.1, 0.15) is 24.1 Å². The van der Waals surface area contributed by atoms with Crippen molar-refractivity contribution >= 4 is 11.8 Å². The van der Waals surface area contributed by atoms with E-state index in [1.54, 1.807) is 18.3 Å². The van der Waals surface area contributed by atoms with Gasteiger partial charge in [0.15, 0.2) is 6.54 Å². The lowest BCUT2D eigenvalue weighted by Crippen LogP contribution is -2.86. The predicted octanol–water partition coefficient (Wildman–Crippen LogP) is 3.19. The first kappa shape index (κ1) is 18.7. The molecule has 5 nitrogen and oxygen atoms in total. The zero-order chi connectivity index (χ0) is 19.4. The number of nitrogens with two attached hydrogens (primary N) is 1. The Labute approximate surface area is 155 Å². The number of carbonyl (C=O) groups excluding carboxylic acids is 1. The maximum absolute atomic E-state index is 13.8. The van der Waals surface area contributed by atoms with Crippen molar-refractivity contribution in [3.63, 3.8) is 0 Å². The molecule has 1 heterocycles. The number of nitrogens with zero attached hydrogens (tertiary/aromatic N) is 1. The van der Waals surface area contributed by atoms with Crippen LogP contribution in [0.2, 0.25) is 0 Å². The molecule has 0 aliphatic heterocycles. The van der Waals surface area contributed by atoms with Gasteiger partial charge in [0.05, 0.1) is 0 Å². The number of aromatic nitrogens is 1. The van der Waals surface area contributed by atoms with Crippen LogP contribution in [0.15, 0.2) is 53.1 Å². The van der Waals surface area contributed by atoms with Crippen molar-refractivity contribution in [1.29, 1.82) is 0 Å². The van der Waals surface area contributed by atoms with Crippen LogP contribution in [-0.4, -0.2) is 17.6 Å². The second-order valence-electron chi connectivity index (χ2n) is 6.38. The normalized spacial score (nSPS) is 12.0. The number of rotatable bonds is 6. The standard InChI is InChI=1S/C20H19F2N3O2/c1-12-3-5-14(6-4-12)18-10-20(27-25-18)24-19(26)11-23-13(2)16-8-7-15(21)9-17(16)22/h3-10,13,23H,11H2,1-2H3,(H,24,26)/p+1/t13-/m0/s1. The summed E-state index contributed by atoms with van der Waals surface area (Å²) in [5.41, 5.74) is 2.98. The topological polar surface area (TPSA) is 71.7 Å². The third-order valence-corrected chi connectivity index (χ3v) is 4.23. The smallest absolute Gasteiger partial charge is 0.281 e.